The van der Waals surface area contributed by atoms with E-state index in [1.807, 2.05) is 0 Å². The fraction of sp³-hybridized carbons (Fsp3) is 0.500. The van der Waals surface area contributed by atoms with E-state index >= 15 is 0 Å². The van der Waals surface area contributed by atoms with Crippen LogP contribution in [0.3, 0.4) is 0 Å². The highest BCUT2D eigenvalue weighted by molar-refractivity contribution is 5.97. The molecule has 1 fully saturated rings. The van der Waals surface area contributed by atoms with E-state index in [0.717, 1.165) is 20.0 Å². The molecule has 1 saturated heterocycles. The average Bonchev–Trinajstić information content (AvgIpc) is 2.88. The lowest BCUT2D eigenvalue weighted by Crippen LogP contribution is -2.43. The summed E-state index contributed by atoms with van der Waals surface area (Å²) in [6, 6.07) is 0. The molecule has 1 aromatic heterocycles. The third-order valence-corrected chi connectivity index (χ3v) is 3.73. The minimum atomic E-state index is -1.20. The SMILES string of the molecule is CC(=O)OC[C@H]1O[C@@H](Nc2[nH]c(=O)ncc2C(N)=O)[C@H](OC(C)=O)[C@H]1OC(C)=O. The highest BCUT2D eigenvalue weighted by atomic mass is 16.7. The van der Waals surface area contributed by atoms with Crippen LogP contribution in [0.5, 0.6) is 0 Å². The topological polar surface area (TPSA) is 189 Å². The number of amides is 1. The van der Waals surface area contributed by atoms with E-state index in [-0.39, 0.29) is 18.0 Å². The Balaban J connectivity index is 2.37. The molecule has 0 radical (unpaired) electrons. The number of nitrogens with two attached hydrogens (primary N) is 1. The van der Waals surface area contributed by atoms with Gasteiger partial charge in [-0.25, -0.2) is 9.78 Å². The highest BCUT2D eigenvalue weighted by Crippen LogP contribution is 2.29. The number of H-pyrrole nitrogens is 1. The first-order chi connectivity index (χ1) is 13.6. The number of aromatic nitrogens is 2. The van der Waals surface area contributed by atoms with Crippen molar-refractivity contribution in [3.8, 4) is 0 Å². The third-order valence-electron chi connectivity index (χ3n) is 3.73. The van der Waals surface area contributed by atoms with Gasteiger partial charge in [-0.2, -0.15) is 0 Å². The molecule has 4 atom stereocenters. The van der Waals surface area contributed by atoms with Gasteiger partial charge in [0.2, 0.25) is 0 Å². The highest BCUT2D eigenvalue weighted by Gasteiger charge is 2.50. The minimum Gasteiger partial charge on any atom is -0.463 e. The molecule has 2 heterocycles. The molecule has 13 heteroatoms. The van der Waals surface area contributed by atoms with Crippen LogP contribution in [-0.2, 0) is 33.3 Å². The minimum absolute atomic E-state index is 0.144. The van der Waals surface area contributed by atoms with E-state index in [4.69, 9.17) is 24.7 Å². The summed E-state index contributed by atoms with van der Waals surface area (Å²) in [4.78, 5) is 63.0. The Kier molecular flexibility index (Phi) is 6.88. The van der Waals surface area contributed by atoms with Crippen LogP contribution in [0.15, 0.2) is 11.0 Å². The predicted octanol–water partition coefficient (Wildman–Crippen LogP) is -1.57. The van der Waals surface area contributed by atoms with Crippen LogP contribution in [0.25, 0.3) is 0 Å². The summed E-state index contributed by atoms with van der Waals surface area (Å²) in [5.74, 6) is -3.06. The monoisotopic (exact) mass is 412 g/mol. The lowest BCUT2D eigenvalue weighted by Gasteiger charge is -2.24. The Labute approximate surface area is 163 Å². The van der Waals surface area contributed by atoms with Crippen molar-refractivity contribution in [2.75, 3.05) is 11.9 Å². The van der Waals surface area contributed by atoms with Crippen molar-refractivity contribution in [3.05, 3.63) is 22.2 Å². The van der Waals surface area contributed by atoms with E-state index in [1.165, 1.54) is 6.92 Å². The van der Waals surface area contributed by atoms with Gasteiger partial charge in [0.05, 0.1) is 5.56 Å². The Hall–Kier alpha value is -3.48. The number of carbonyl (C=O) groups is 4. The van der Waals surface area contributed by atoms with Crippen molar-refractivity contribution in [2.45, 2.75) is 45.3 Å². The Morgan fingerprint density at radius 3 is 2.31 bits per heavy atom. The predicted molar refractivity (Wildman–Crippen MR) is 93.4 cm³/mol. The quantitative estimate of drug-likeness (QED) is 0.346. The smallest absolute Gasteiger partial charge is 0.346 e. The van der Waals surface area contributed by atoms with Gasteiger partial charge in [-0.3, -0.25) is 24.2 Å². The van der Waals surface area contributed by atoms with Crippen LogP contribution < -0.4 is 16.7 Å². The van der Waals surface area contributed by atoms with Crippen LogP contribution >= 0.6 is 0 Å². The molecular weight excluding hydrogens is 392 g/mol. The maximum absolute atomic E-state index is 11.6. The standard InChI is InChI=1S/C16H20N4O9/c1-6(21)26-5-10-11(27-7(2)22)12(28-8(3)23)15(29-10)19-14-9(13(17)24)4-18-16(25)20-14/h4,10-12,15H,5H2,1-3H3,(H2,17,24)(H2,18,19,20,25)/t10-,11+,12-,15-/m1/s1. The largest absolute Gasteiger partial charge is 0.463 e. The third kappa shape index (κ3) is 5.75. The number of carbonyl (C=O) groups excluding carboxylic acids is 4. The zero-order valence-corrected chi connectivity index (χ0v) is 15.8. The van der Waals surface area contributed by atoms with Crippen molar-refractivity contribution >= 4 is 29.6 Å². The van der Waals surface area contributed by atoms with Gasteiger partial charge in [0.25, 0.3) is 5.91 Å². The molecule has 1 amide bonds. The Morgan fingerprint density at radius 1 is 1.14 bits per heavy atom. The number of ether oxygens (including phenoxy) is 4. The first-order valence-corrected chi connectivity index (χ1v) is 8.37. The zero-order valence-electron chi connectivity index (χ0n) is 15.8. The van der Waals surface area contributed by atoms with Gasteiger partial charge in [0, 0.05) is 27.0 Å². The van der Waals surface area contributed by atoms with Crippen molar-refractivity contribution in [2.24, 2.45) is 5.73 Å². The van der Waals surface area contributed by atoms with E-state index in [2.05, 4.69) is 15.3 Å². The zero-order chi connectivity index (χ0) is 21.7. The van der Waals surface area contributed by atoms with Crippen LogP contribution in [-0.4, -0.2) is 64.9 Å². The normalized spacial score (nSPS) is 23.1. The summed E-state index contributed by atoms with van der Waals surface area (Å²) >= 11 is 0. The van der Waals surface area contributed by atoms with Gasteiger partial charge in [-0.05, 0) is 0 Å². The second kappa shape index (κ2) is 9.14. The Bertz CT molecular complexity index is 868. The van der Waals surface area contributed by atoms with Gasteiger partial charge in [-0.15, -0.1) is 0 Å². The molecule has 0 aliphatic carbocycles. The number of esters is 3. The molecule has 0 aromatic carbocycles. The molecule has 4 N–H and O–H groups in total. The molecule has 29 heavy (non-hydrogen) atoms. The fourth-order valence-electron chi connectivity index (χ4n) is 2.67. The van der Waals surface area contributed by atoms with Crippen molar-refractivity contribution in [1.29, 1.82) is 0 Å². The first kappa shape index (κ1) is 21.8. The van der Waals surface area contributed by atoms with E-state index < -0.39 is 54.0 Å². The first-order valence-electron chi connectivity index (χ1n) is 8.37. The maximum Gasteiger partial charge on any atom is 0.346 e. The van der Waals surface area contributed by atoms with Gasteiger partial charge >= 0.3 is 23.6 Å². The van der Waals surface area contributed by atoms with Gasteiger partial charge in [-0.1, -0.05) is 0 Å². The molecule has 0 unspecified atom stereocenters. The van der Waals surface area contributed by atoms with Gasteiger partial charge in [0.15, 0.2) is 18.4 Å². The van der Waals surface area contributed by atoms with Crippen LogP contribution in [0.1, 0.15) is 31.1 Å². The van der Waals surface area contributed by atoms with E-state index in [0.29, 0.717) is 0 Å². The lowest BCUT2D eigenvalue weighted by atomic mass is 10.1. The number of nitrogens with zero attached hydrogens (tertiary/aromatic N) is 1. The number of hydrogen-bond acceptors (Lipinski definition) is 11. The molecule has 2 rings (SSSR count). The summed E-state index contributed by atoms with van der Waals surface area (Å²) in [7, 11) is 0. The van der Waals surface area contributed by atoms with Crippen LogP contribution in [0, 0.1) is 0 Å². The summed E-state index contributed by atoms with van der Waals surface area (Å²) in [6.07, 6.45) is -3.58. The van der Waals surface area contributed by atoms with Crippen molar-refractivity contribution in [3.63, 3.8) is 0 Å². The van der Waals surface area contributed by atoms with Gasteiger partial charge < -0.3 is 30.0 Å². The summed E-state index contributed by atoms with van der Waals surface area (Å²) in [5.41, 5.74) is 4.31. The maximum atomic E-state index is 11.6. The fourth-order valence-corrected chi connectivity index (χ4v) is 2.67. The summed E-state index contributed by atoms with van der Waals surface area (Å²) < 4.78 is 21.0. The number of nitrogens with one attached hydrogen (secondary N) is 2. The molecule has 1 aliphatic heterocycles. The molecule has 1 aliphatic rings. The molecule has 0 saturated carbocycles. The molecule has 158 valence electrons. The average molecular weight is 412 g/mol. The molecular formula is C16H20N4O9. The Morgan fingerprint density at radius 2 is 1.76 bits per heavy atom. The van der Waals surface area contributed by atoms with E-state index in [9.17, 15) is 24.0 Å². The number of rotatable bonds is 7. The van der Waals surface area contributed by atoms with Gasteiger partial charge in [0.1, 0.15) is 18.5 Å². The van der Waals surface area contributed by atoms with E-state index in [1.54, 1.807) is 0 Å². The van der Waals surface area contributed by atoms with Crippen molar-refractivity contribution < 1.29 is 38.1 Å². The molecule has 1 aromatic rings. The number of aromatic amines is 1. The second-order valence-corrected chi connectivity index (χ2v) is 6.03. The summed E-state index contributed by atoms with van der Waals surface area (Å²) in [6.45, 7) is 3.14. The summed E-state index contributed by atoms with van der Waals surface area (Å²) in [5, 5.41) is 2.68. The van der Waals surface area contributed by atoms with Crippen LogP contribution in [0.4, 0.5) is 5.82 Å². The number of hydrogen-bond donors (Lipinski definition) is 3. The van der Waals surface area contributed by atoms with Crippen molar-refractivity contribution in [1.82, 2.24) is 9.97 Å². The molecule has 13 nitrogen and oxygen atoms in total. The molecule has 0 spiro atoms. The van der Waals surface area contributed by atoms with Crippen LogP contribution in [0.2, 0.25) is 0 Å². The molecule has 0 bridgehead atoms. The number of anilines is 1. The lowest BCUT2D eigenvalue weighted by molar-refractivity contribution is -0.165. The second-order valence-electron chi connectivity index (χ2n) is 6.03. The number of primary amides is 1.